The first kappa shape index (κ1) is 17.4. The zero-order chi connectivity index (χ0) is 17.8. The van der Waals surface area contributed by atoms with Crippen LogP contribution in [0.1, 0.15) is 43.4 Å². The fourth-order valence-electron chi connectivity index (χ4n) is 4.20. The summed E-state index contributed by atoms with van der Waals surface area (Å²) in [7, 11) is 1.73. The predicted molar refractivity (Wildman–Crippen MR) is 106 cm³/mol. The van der Waals surface area contributed by atoms with Crippen LogP contribution in [-0.4, -0.2) is 48.0 Å². The summed E-state index contributed by atoms with van der Waals surface area (Å²) in [5, 5.41) is 8.68. The molecule has 0 saturated carbocycles. The number of ether oxygens (including phenoxy) is 1. The van der Waals surface area contributed by atoms with Gasteiger partial charge in [-0.15, -0.1) is 0 Å². The molecule has 0 atom stereocenters. The number of aromatic nitrogens is 2. The maximum atomic E-state index is 5.59. The molecule has 2 aliphatic rings. The molecule has 26 heavy (non-hydrogen) atoms. The summed E-state index contributed by atoms with van der Waals surface area (Å²) in [6.45, 7) is 4.62. The first-order valence-electron chi connectivity index (χ1n) is 10.1. The number of nitrogens with zero attached hydrogens (tertiary/aromatic N) is 3. The van der Waals surface area contributed by atoms with Gasteiger partial charge < -0.3 is 15.0 Å². The molecule has 1 fully saturated rings. The first-order chi connectivity index (χ1) is 12.9. The largest absolute Gasteiger partial charge is 0.494 e. The van der Waals surface area contributed by atoms with E-state index < -0.39 is 0 Å². The molecule has 4 rings (SSSR count). The molecule has 0 spiro atoms. The molecule has 3 heterocycles. The van der Waals surface area contributed by atoms with Gasteiger partial charge in [0.05, 0.1) is 12.8 Å². The van der Waals surface area contributed by atoms with E-state index in [0.29, 0.717) is 0 Å². The average Bonchev–Trinajstić information content (AvgIpc) is 2.87. The van der Waals surface area contributed by atoms with Crippen molar-refractivity contribution in [3.05, 3.63) is 35.5 Å². The number of anilines is 1. The molecule has 1 aromatic heterocycles. The van der Waals surface area contributed by atoms with Gasteiger partial charge in [0.15, 0.2) is 0 Å². The number of likely N-dealkylation sites (tertiary alicyclic amines) is 1. The molecular weight excluding hydrogens is 324 g/mol. The van der Waals surface area contributed by atoms with Crippen LogP contribution in [0.25, 0.3) is 5.69 Å². The van der Waals surface area contributed by atoms with Gasteiger partial charge >= 0.3 is 0 Å². The number of nitrogens with one attached hydrogen (secondary N) is 1. The smallest absolute Gasteiger partial charge is 0.144 e. The van der Waals surface area contributed by atoms with E-state index in [4.69, 9.17) is 9.84 Å². The molecule has 2 aliphatic heterocycles. The first-order valence-corrected chi connectivity index (χ1v) is 10.1. The van der Waals surface area contributed by atoms with Gasteiger partial charge in [-0.3, -0.25) is 0 Å². The molecule has 0 aliphatic carbocycles. The Hall–Kier alpha value is -2.01. The molecule has 0 unspecified atom stereocenters. The Morgan fingerprint density at radius 3 is 2.77 bits per heavy atom. The maximum absolute atomic E-state index is 5.59. The van der Waals surface area contributed by atoms with Crippen molar-refractivity contribution in [2.24, 2.45) is 0 Å². The van der Waals surface area contributed by atoms with E-state index in [0.717, 1.165) is 37.4 Å². The van der Waals surface area contributed by atoms with Crippen molar-refractivity contribution in [2.75, 3.05) is 38.6 Å². The third kappa shape index (κ3) is 3.58. The molecule has 5 heteroatoms. The van der Waals surface area contributed by atoms with Gasteiger partial charge in [-0.05, 0) is 57.3 Å². The van der Waals surface area contributed by atoms with Crippen molar-refractivity contribution in [1.82, 2.24) is 14.7 Å². The molecule has 0 bridgehead atoms. The fourth-order valence-corrected chi connectivity index (χ4v) is 4.20. The number of methoxy groups -OCH3 is 1. The fraction of sp³-hybridized carbons (Fsp3) is 0.571. The number of hydrogen-bond donors (Lipinski definition) is 1. The summed E-state index contributed by atoms with van der Waals surface area (Å²) in [4.78, 5) is 2.60. The highest BCUT2D eigenvalue weighted by molar-refractivity contribution is 5.58. The summed E-state index contributed by atoms with van der Waals surface area (Å²) >= 11 is 0. The van der Waals surface area contributed by atoms with Crippen LogP contribution in [0.2, 0.25) is 0 Å². The normalized spacial score (nSPS) is 18.0. The average molecular weight is 354 g/mol. The molecule has 1 saturated heterocycles. The molecular formula is C21H30N4O. The van der Waals surface area contributed by atoms with Crippen LogP contribution >= 0.6 is 0 Å². The Balaban J connectivity index is 1.65. The Bertz CT molecular complexity index is 734. The standard InChI is InChI=1S/C21H30N4O/c1-26-20-11-4-3-10-19(20)25-21-17(9-5-6-13-22-21)18(23-25)12-16-24-14-7-2-8-15-24/h3-4,10-11,22H,2,5-9,12-16H2,1H3. The minimum Gasteiger partial charge on any atom is -0.494 e. The van der Waals surface area contributed by atoms with Crippen LogP contribution in [0.15, 0.2) is 24.3 Å². The van der Waals surface area contributed by atoms with Crippen LogP contribution in [0.3, 0.4) is 0 Å². The van der Waals surface area contributed by atoms with E-state index in [1.54, 1.807) is 7.11 Å². The van der Waals surface area contributed by atoms with Crippen molar-refractivity contribution in [2.45, 2.75) is 44.9 Å². The van der Waals surface area contributed by atoms with Gasteiger partial charge in [0.25, 0.3) is 0 Å². The predicted octanol–water partition coefficient (Wildman–Crippen LogP) is 3.66. The van der Waals surface area contributed by atoms with Crippen molar-refractivity contribution in [3.8, 4) is 11.4 Å². The Kier molecular flexibility index (Phi) is 5.44. The minimum absolute atomic E-state index is 0.867. The second kappa shape index (κ2) is 8.12. The van der Waals surface area contributed by atoms with Crippen LogP contribution in [-0.2, 0) is 12.8 Å². The summed E-state index contributed by atoms with van der Waals surface area (Å²) < 4.78 is 7.66. The topological polar surface area (TPSA) is 42.3 Å². The Morgan fingerprint density at radius 2 is 1.92 bits per heavy atom. The molecule has 140 valence electrons. The molecule has 1 aromatic carbocycles. The highest BCUT2D eigenvalue weighted by atomic mass is 16.5. The third-order valence-corrected chi connectivity index (χ3v) is 5.64. The molecule has 2 aromatic rings. The van der Waals surface area contributed by atoms with Crippen LogP contribution in [0, 0.1) is 0 Å². The number of piperidine rings is 1. The zero-order valence-electron chi connectivity index (χ0n) is 15.8. The summed E-state index contributed by atoms with van der Waals surface area (Å²) in [6.07, 6.45) is 8.67. The second-order valence-corrected chi connectivity index (χ2v) is 7.39. The van der Waals surface area contributed by atoms with E-state index >= 15 is 0 Å². The van der Waals surface area contributed by atoms with Crippen molar-refractivity contribution < 1.29 is 4.74 Å². The van der Waals surface area contributed by atoms with Gasteiger partial charge in [-0.25, -0.2) is 4.68 Å². The zero-order valence-corrected chi connectivity index (χ0v) is 15.8. The third-order valence-electron chi connectivity index (χ3n) is 5.64. The Morgan fingerprint density at radius 1 is 1.08 bits per heavy atom. The number of fused-ring (bicyclic) bond motifs is 1. The van der Waals surface area contributed by atoms with E-state index in [1.807, 2.05) is 12.1 Å². The van der Waals surface area contributed by atoms with Crippen molar-refractivity contribution >= 4 is 5.82 Å². The highest BCUT2D eigenvalue weighted by Gasteiger charge is 2.22. The van der Waals surface area contributed by atoms with Gasteiger partial charge in [-0.2, -0.15) is 5.10 Å². The summed E-state index contributed by atoms with van der Waals surface area (Å²) in [5.74, 6) is 2.03. The lowest BCUT2D eigenvalue weighted by molar-refractivity contribution is 0.230. The lowest BCUT2D eigenvalue weighted by Crippen LogP contribution is -2.31. The lowest BCUT2D eigenvalue weighted by Gasteiger charge is -2.26. The minimum atomic E-state index is 0.867. The molecule has 0 radical (unpaired) electrons. The summed E-state index contributed by atoms with van der Waals surface area (Å²) in [5.41, 5.74) is 3.68. The van der Waals surface area contributed by atoms with Crippen LogP contribution in [0.5, 0.6) is 5.75 Å². The monoisotopic (exact) mass is 354 g/mol. The van der Waals surface area contributed by atoms with Gasteiger partial charge in [-0.1, -0.05) is 18.6 Å². The van der Waals surface area contributed by atoms with E-state index in [9.17, 15) is 0 Å². The van der Waals surface area contributed by atoms with Crippen molar-refractivity contribution in [1.29, 1.82) is 0 Å². The second-order valence-electron chi connectivity index (χ2n) is 7.39. The quantitative estimate of drug-likeness (QED) is 0.890. The molecule has 5 nitrogen and oxygen atoms in total. The van der Waals surface area contributed by atoms with Gasteiger partial charge in [0.1, 0.15) is 17.3 Å². The van der Waals surface area contributed by atoms with E-state index in [1.165, 1.54) is 62.3 Å². The van der Waals surface area contributed by atoms with Crippen molar-refractivity contribution in [3.63, 3.8) is 0 Å². The number of para-hydroxylation sites is 2. The molecule has 0 amide bonds. The number of hydrogen-bond acceptors (Lipinski definition) is 4. The van der Waals surface area contributed by atoms with Crippen LogP contribution < -0.4 is 10.1 Å². The van der Waals surface area contributed by atoms with E-state index in [2.05, 4.69) is 27.0 Å². The number of benzene rings is 1. The maximum Gasteiger partial charge on any atom is 0.144 e. The number of rotatable bonds is 5. The Labute approximate surface area is 156 Å². The molecule has 1 N–H and O–H groups in total. The van der Waals surface area contributed by atoms with Gasteiger partial charge in [0, 0.05) is 25.1 Å². The highest BCUT2D eigenvalue weighted by Crippen LogP contribution is 2.32. The lowest BCUT2D eigenvalue weighted by atomic mass is 10.1. The van der Waals surface area contributed by atoms with E-state index in [-0.39, 0.29) is 0 Å². The van der Waals surface area contributed by atoms with Gasteiger partial charge in [0.2, 0.25) is 0 Å². The van der Waals surface area contributed by atoms with Crippen LogP contribution in [0.4, 0.5) is 5.82 Å². The SMILES string of the molecule is COc1ccccc1-n1nc(CCN2CCCCC2)c2c1NCCCC2. The summed E-state index contributed by atoms with van der Waals surface area (Å²) in [6, 6.07) is 8.16.